The highest BCUT2D eigenvalue weighted by atomic mass is 32.1. The van der Waals surface area contributed by atoms with Crippen molar-refractivity contribution in [3.63, 3.8) is 0 Å². The van der Waals surface area contributed by atoms with Crippen molar-refractivity contribution < 1.29 is 9.47 Å². The first-order chi connectivity index (χ1) is 14.3. The Morgan fingerprint density at radius 1 is 0.767 bits per heavy atom. The fraction of sp³-hybridized carbons (Fsp3) is 0.444. The van der Waals surface area contributed by atoms with Crippen LogP contribution in [0, 0.1) is 0 Å². The van der Waals surface area contributed by atoms with Gasteiger partial charge in [0.1, 0.15) is 19.0 Å². The van der Waals surface area contributed by atoms with Gasteiger partial charge in [-0.2, -0.15) is 0 Å². The zero-order valence-electron chi connectivity index (χ0n) is 19.6. The quantitative estimate of drug-likeness (QED) is 0.248. The van der Waals surface area contributed by atoms with Gasteiger partial charge in [-0.25, -0.2) is 0 Å². The topological polar surface area (TPSA) is 18.5 Å². The number of benzene rings is 1. The summed E-state index contributed by atoms with van der Waals surface area (Å²) >= 11 is 5.50. The summed E-state index contributed by atoms with van der Waals surface area (Å²) in [4.78, 5) is 0. The number of thiocarbonyl (C=S) groups is 1. The second kappa shape index (κ2) is 14.8. The maximum Gasteiger partial charge on any atom is 0.195 e. The van der Waals surface area contributed by atoms with Crippen molar-refractivity contribution in [2.45, 2.75) is 67.2 Å². The summed E-state index contributed by atoms with van der Waals surface area (Å²) in [6.07, 6.45) is 13.0. The molecule has 0 radical (unpaired) electrons. The molecule has 0 unspecified atom stereocenters. The Bertz CT molecular complexity index is 789. The van der Waals surface area contributed by atoms with Crippen LogP contribution < -0.4 is 4.74 Å². The molecular formula is C27H38O2S. The average molecular weight is 427 g/mol. The minimum atomic E-state index is 0.475. The molecule has 0 aliphatic rings. The van der Waals surface area contributed by atoms with Crippen LogP contribution in [0.25, 0.3) is 0 Å². The van der Waals surface area contributed by atoms with Crippen molar-refractivity contribution in [3.05, 3.63) is 76.4 Å². The fourth-order valence-electron chi connectivity index (χ4n) is 2.75. The molecule has 0 aliphatic heterocycles. The van der Waals surface area contributed by atoms with E-state index in [-0.39, 0.29) is 0 Å². The molecule has 0 saturated heterocycles. The van der Waals surface area contributed by atoms with Crippen LogP contribution in [0.1, 0.15) is 72.8 Å². The van der Waals surface area contributed by atoms with Gasteiger partial charge < -0.3 is 9.47 Å². The molecule has 1 rings (SSSR count). The zero-order chi connectivity index (χ0) is 22.4. The van der Waals surface area contributed by atoms with E-state index in [1.807, 2.05) is 24.3 Å². The largest absolute Gasteiger partial charge is 0.489 e. The summed E-state index contributed by atoms with van der Waals surface area (Å²) in [5.74, 6) is 0.764. The highest BCUT2D eigenvalue weighted by Gasteiger charge is 2.09. The van der Waals surface area contributed by atoms with Crippen LogP contribution in [0.5, 0.6) is 5.75 Å². The fourth-order valence-corrected chi connectivity index (χ4v) is 2.99. The number of rotatable bonds is 12. The number of ether oxygens (including phenoxy) is 2. The smallest absolute Gasteiger partial charge is 0.195 e. The Balaban J connectivity index is 2.56. The van der Waals surface area contributed by atoms with Crippen LogP contribution in [-0.4, -0.2) is 18.3 Å². The van der Waals surface area contributed by atoms with E-state index >= 15 is 0 Å². The SMILES string of the molecule is CC(C)=CCCC(C)=CCOC(=S)c1ccccc1OCC=C(C)CCC=C(C)C. The van der Waals surface area contributed by atoms with E-state index in [9.17, 15) is 0 Å². The lowest BCUT2D eigenvalue weighted by Crippen LogP contribution is -2.07. The molecule has 0 heterocycles. The summed E-state index contributed by atoms with van der Waals surface area (Å²) in [7, 11) is 0. The molecule has 0 atom stereocenters. The lowest BCUT2D eigenvalue weighted by molar-refractivity contribution is 0.345. The van der Waals surface area contributed by atoms with E-state index in [0.717, 1.165) is 37.0 Å². The molecule has 0 aromatic heterocycles. The normalized spacial score (nSPS) is 11.7. The first-order valence-corrected chi connectivity index (χ1v) is 11.2. The van der Waals surface area contributed by atoms with Crippen molar-refractivity contribution in [1.82, 2.24) is 0 Å². The summed E-state index contributed by atoms with van der Waals surface area (Å²) in [6.45, 7) is 13.8. The van der Waals surface area contributed by atoms with Crippen LogP contribution in [0.2, 0.25) is 0 Å². The Hall–Kier alpha value is -2.13. The second-order valence-electron chi connectivity index (χ2n) is 8.15. The third-order valence-electron chi connectivity index (χ3n) is 4.61. The van der Waals surface area contributed by atoms with Crippen LogP contribution >= 0.6 is 12.2 Å². The van der Waals surface area contributed by atoms with Crippen LogP contribution in [-0.2, 0) is 4.74 Å². The van der Waals surface area contributed by atoms with E-state index in [4.69, 9.17) is 21.7 Å². The third kappa shape index (κ3) is 11.8. The molecule has 0 saturated carbocycles. The Labute approximate surface area is 189 Å². The highest BCUT2D eigenvalue weighted by molar-refractivity contribution is 7.80. The highest BCUT2D eigenvalue weighted by Crippen LogP contribution is 2.20. The molecule has 0 N–H and O–H groups in total. The van der Waals surface area contributed by atoms with Crippen LogP contribution in [0.4, 0.5) is 0 Å². The first kappa shape index (κ1) is 25.9. The number of para-hydroxylation sites is 1. The van der Waals surface area contributed by atoms with Gasteiger partial charge in [0.2, 0.25) is 0 Å². The molecule has 1 aromatic carbocycles. The van der Waals surface area contributed by atoms with E-state index in [2.05, 4.69) is 65.8 Å². The predicted molar refractivity (Wildman–Crippen MR) is 134 cm³/mol. The maximum atomic E-state index is 5.98. The molecule has 0 aliphatic carbocycles. The molecule has 0 amide bonds. The molecule has 0 spiro atoms. The third-order valence-corrected chi connectivity index (χ3v) is 4.94. The molecular weight excluding hydrogens is 388 g/mol. The summed E-state index contributed by atoms with van der Waals surface area (Å²) < 4.78 is 11.8. The standard InChI is InChI=1S/C27H38O2S/c1-21(2)11-9-13-23(5)17-19-28-26-16-8-7-15-25(26)27(30)29-20-18-24(6)14-10-12-22(3)4/h7-8,11-12,15-18H,9-10,13-14,19-20H2,1-6H3. The van der Waals surface area contributed by atoms with E-state index in [1.54, 1.807) is 0 Å². The minimum Gasteiger partial charge on any atom is -0.489 e. The zero-order valence-corrected chi connectivity index (χ0v) is 20.4. The molecule has 1 aromatic rings. The number of allylic oxidation sites excluding steroid dienone is 6. The molecule has 30 heavy (non-hydrogen) atoms. The summed E-state index contributed by atoms with van der Waals surface area (Å²) in [5.41, 5.74) is 6.19. The molecule has 3 heteroatoms. The van der Waals surface area contributed by atoms with Gasteiger partial charge >= 0.3 is 0 Å². The maximum absolute atomic E-state index is 5.98. The van der Waals surface area contributed by atoms with Crippen molar-refractivity contribution in [1.29, 1.82) is 0 Å². The summed E-state index contributed by atoms with van der Waals surface area (Å²) in [6, 6.07) is 7.81. The van der Waals surface area contributed by atoms with Gasteiger partial charge in [0.15, 0.2) is 5.05 Å². The van der Waals surface area contributed by atoms with Crippen molar-refractivity contribution >= 4 is 17.3 Å². The van der Waals surface area contributed by atoms with Gasteiger partial charge in [-0.3, -0.25) is 0 Å². The lowest BCUT2D eigenvalue weighted by atomic mass is 10.1. The predicted octanol–water partition coefficient (Wildman–Crippen LogP) is 8.14. The minimum absolute atomic E-state index is 0.475. The van der Waals surface area contributed by atoms with E-state index < -0.39 is 0 Å². The molecule has 164 valence electrons. The number of hydrogen-bond donors (Lipinski definition) is 0. The average Bonchev–Trinajstić information content (AvgIpc) is 2.67. The van der Waals surface area contributed by atoms with Gasteiger partial charge in [0.25, 0.3) is 0 Å². The van der Waals surface area contributed by atoms with Crippen LogP contribution in [0.15, 0.2) is 70.9 Å². The van der Waals surface area contributed by atoms with E-state index in [1.165, 1.54) is 22.3 Å². The molecule has 2 nitrogen and oxygen atoms in total. The van der Waals surface area contributed by atoms with Gasteiger partial charge in [-0.15, -0.1) is 0 Å². The number of hydrogen-bond acceptors (Lipinski definition) is 3. The first-order valence-electron chi connectivity index (χ1n) is 10.8. The van der Waals surface area contributed by atoms with Crippen LogP contribution in [0.3, 0.4) is 0 Å². The van der Waals surface area contributed by atoms with Gasteiger partial charge in [0.05, 0.1) is 5.56 Å². The molecule has 0 bridgehead atoms. The summed E-state index contributed by atoms with van der Waals surface area (Å²) in [5, 5.41) is 0.475. The van der Waals surface area contributed by atoms with Crippen molar-refractivity contribution in [3.8, 4) is 5.75 Å². The second-order valence-corrected chi connectivity index (χ2v) is 8.52. The Morgan fingerprint density at radius 2 is 1.30 bits per heavy atom. The monoisotopic (exact) mass is 426 g/mol. The lowest BCUT2D eigenvalue weighted by Gasteiger charge is -2.12. The van der Waals surface area contributed by atoms with Gasteiger partial charge in [0, 0.05) is 0 Å². The van der Waals surface area contributed by atoms with E-state index in [0.29, 0.717) is 18.3 Å². The van der Waals surface area contributed by atoms with Gasteiger partial charge in [-0.1, -0.05) is 46.6 Å². The van der Waals surface area contributed by atoms with Gasteiger partial charge in [-0.05, 0) is 104 Å². The Morgan fingerprint density at radius 3 is 1.87 bits per heavy atom. The molecule has 0 fully saturated rings. The van der Waals surface area contributed by atoms with Crippen molar-refractivity contribution in [2.24, 2.45) is 0 Å². The Kier molecular flexibility index (Phi) is 12.8. The van der Waals surface area contributed by atoms with Crippen molar-refractivity contribution in [2.75, 3.05) is 13.2 Å².